The topological polar surface area (TPSA) is 83.5 Å². The molecule has 0 saturated carbocycles. The molecule has 1 aromatic carbocycles. The van der Waals surface area contributed by atoms with E-state index in [1.54, 1.807) is 13.0 Å². The Kier molecular flexibility index (Phi) is 2.69. The molecule has 1 atom stereocenters. The van der Waals surface area contributed by atoms with Gasteiger partial charge in [0.15, 0.2) is 0 Å². The third kappa shape index (κ3) is 2.06. The molecule has 2 rings (SSSR count). The van der Waals surface area contributed by atoms with Gasteiger partial charge in [0.2, 0.25) is 5.91 Å². The number of amides is 1. The summed E-state index contributed by atoms with van der Waals surface area (Å²) in [6.45, 7) is 1.76. The molecule has 0 aliphatic carbocycles. The molecule has 1 aliphatic heterocycles. The molecule has 0 fully saturated rings. The number of nitrogens with one attached hydrogen (secondary N) is 1. The summed E-state index contributed by atoms with van der Waals surface area (Å²) >= 11 is 1.35. The number of anilines is 1. The van der Waals surface area contributed by atoms with Crippen molar-refractivity contribution in [1.82, 2.24) is 0 Å². The zero-order valence-corrected chi connectivity index (χ0v) is 9.93. The van der Waals surface area contributed by atoms with Gasteiger partial charge in [-0.25, -0.2) is 0 Å². The predicted octanol–water partition coefficient (Wildman–Crippen LogP) is 1.37. The number of hydrogen-bond acceptors (Lipinski definition) is 4. The molecule has 0 saturated heterocycles. The first-order valence-corrected chi connectivity index (χ1v) is 6.79. The molecule has 1 aromatic rings. The average molecular weight is 259 g/mol. The first-order valence-electron chi connectivity index (χ1n) is 4.47. The second-order valence-electron chi connectivity index (χ2n) is 3.38. The SMILES string of the molecule is CC1Sc2ccc(S(=O)(=O)O)cc2NC1=O. The zero-order chi connectivity index (χ0) is 11.9. The minimum Gasteiger partial charge on any atom is -0.324 e. The molecular formula is C9H9NO4S2. The molecule has 1 heterocycles. The summed E-state index contributed by atoms with van der Waals surface area (Å²) in [5.41, 5.74) is 0.420. The summed E-state index contributed by atoms with van der Waals surface area (Å²) in [5.74, 6) is -0.176. The summed E-state index contributed by atoms with van der Waals surface area (Å²) in [7, 11) is -4.23. The fourth-order valence-corrected chi connectivity index (χ4v) is 2.79. The van der Waals surface area contributed by atoms with Crippen LogP contribution in [0, 0.1) is 0 Å². The van der Waals surface area contributed by atoms with Crippen LogP contribution in [0.3, 0.4) is 0 Å². The second-order valence-corrected chi connectivity index (χ2v) is 6.19. The van der Waals surface area contributed by atoms with Crippen LogP contribution in [0.25, 0.3) is 0 Å². The first-order chi connectivity index (χ1) is 7.38. The molecule has 5 nitrogen and oxygen atoms in total. The highest BCUT2D eigenvalue weighted by molar-refractivity contribution is 8.01. The van der Waals surface area contributed by atoms with E-state index in [9.17, 15) is 13.2 Å². The van der Waals surface area contributed by atoms with E-state index in [-0.39, 0.29) is 16.1 Å². The van der Waals surface area contributed by atoms with E-state index in [4.69, 9.17) is 4.55 Å². The van der Waals surface area contributed by atoms with E-state index in [2.05, 4.69) is 5.32 Å². The number of carbonyl (C=O) groups is 1. The van der Waals surface area contributed by atoms with Crippen LogP contribution < -0.4 is 5.32 Å². The Balaban J connectivity index is 2.48. The second kappa shape index (κ2) is 3.76. The Morgan fingerprint density at radius 2 is 2.12 bits per heavy atom. The van der Waals surface area contributed by atoms with Crippen molar-refractivity contribution >= 4 is 33.5 Å². The smallest absolute Gasteiger partial charge is 0.294 e. The summed E-state index contributed by atoms with van der Waals surface area (Å²) in [6.07, 6.45) is 0. The third-order valence-corrected chi connectivity index (χ3v) is 4.21. The van der Waals surface area contributed by atoms with Gasteiger partial charge in [0.25, 0.3) is 10.1 Å². The molecule has 1 unspecified atom stereocenters. The molecule has 16 heavy (non-hydrogen) atoms. The van der Waals surface area contributed by atoms with E-state index in [0.717, 1.165) is 4.90 Å². The normalized spacial score (nSPS) is 20.1. The van der Waals surface area contributed by atoms with Crippen molar-refractivity contribution in [3.63, 3.8) is 0 Å². The molecular weight excluding hydrogens is 250 g/mol. The lowest BCUT2D eigenvalue weighted by atomic mass is 10.3. The Bertz CT molecular complexity index is 553. The Morgan fingerprint density at radius 1 is 1.44 bits per heavy atom. The van der Waals surface area contributed by atoms with E-state index >= 15 is 0 Å². The van der Waals surface area contributed by atoms with Gasteiger partial charge in [-0.1, -0.05) is 0 Å². The Labute approximate surface area is 97.0 Å². The minimum atomic E-state index is -4.23. The van der Waals surface area contributed by atoms with Crippen LogP contribution in [0.2, 0.25) is 0 Å². The maximum Gasteiger partial charge on any atom is 0.294 e. The highest BCUT2D eigenvalue weighted by atomic mass is 32.2. The largest absolute Gasteiger partial charge is 0.324 e. The molecule has 2 N–H and O–H groups in total. The van der Waals surface area contributed by atoms with E-state index < -0.39 is 10.1 Å². The number of benzene rings is 1. The summed E-state index contributed by atoms with van der Waals surface area (Å²) in [4.78, 5) is 11.9. The van der Waals surface area contributed by atoms with Crippen molar-refractivity contribution in [2.75, 3.05) is 5.32 Å². The van der Waals surface area contributed by atoms with Crippen molar-refractivity contribution in [1.29, 1.82) is 0 Å². The van der Waals surface area contributed by atoms with Gasteiger partial charge in [0.05, 0.1) is 15.8 Å². The highest BCUT2D eigenvalue weighted by Crippen LogP contribution is 2.36. The van der Waals surface area contributed by atoms with Crippen LogP contribution in [0.15, 0.2) is 28.0 Å². The number of thioether (sulfide) groups is 1. The van der Waals surface area contributed by atoms with Gasteiger partial charge >= 0.3 is 0 Å². The van der Waals surface area contributed by atoms with Gasteiger partial charge in [0.1, 0.15) is 0 Å². The first kappa shape index (κ1) is 11.4. The van der Waals surface area contributed by atoms with Crippen LogP contribution in [-0.2, 0) is 14.9 Å². The van der Waals surface area contributed by atoms with E-state index in [1.165, 1.54) is 23.9 Å². The number of carbonyl (C=O) groups excluding carboxylic acids is 1. The highest BCUT2D eigenvalue weighted by Gasteiger charge is 2.24. The van der Waals surface area contributed by atoms with Crippen LogP contribution in [0.4, 0.5) is 5.69 Å². The average Bonchev–Trinajstić information content (AvgIpc) is 2.17. The van der Waals surface area contributed by atoms with Gasteiger partial charge < -0.3 is 5.32 Å². The zero-order valence-electron chi connectivity index (χ0n) is 8.30. The maximum atomic E-state index is 11.4. The van der Waals surface area contributed by atoms with Crippen LogP contribution in [-0.4, -0.2) is 24.1 Å². The van der Waals surface area contributed by atoms with Gasteiger partial charge in [-0.05, 0) is 25.1 Å². The van der Waals surface area contributed by atoms with Crippen molar-refractivity contribution in [3.05, 3.63) is 18.2 Å². The lowest BCUT2D eigenvalue weighted by Gasteiger charge is -2.21. The number of rotatable bonds is 1. The molecule has 7 heteroatoms. The van der Waals surface area contributed by atoms with Crippen molar-refractivity contribution < 1.29 is 17.8 Å². The third-order valence-electron chi connectivity index (χ3n) is 2.18. The van der Waals surface area contributed by atoms with Crippen LogP contribution >= 0.6 is 11.8 Å². The molecule has 1 aliphatic rings. The Morgan fingerprint density at radius 3 is 2.75 bits per heavy atom. The van der Waals surface area contributed by atoms with Gasteiger partial charge in [-0.2, -0.15) is 8.42 Å². The molecule has 0 bridgehead atoms. The summed E-state index contributed by atoms with van der Waals surface area (Å²) in [6, 6.07) is 4.13. The monoisotopic (exact) mass is 259 g/mol. The lowest BCUT2D eigenvalue weighted by Crippen LogP contribution is -2.26. The maximum absolute atomic E-state index is 11.4. The summed E-state index contributed by atoms with van der Waals surface area (Å²) in [5, 5.41) is 2.38. The quantitative estimate of drug-likeness (QED) is 0.744. The lowest BCUT2D eigenvalue weighted by molar-refractivity contribution is -0.115. The molecule has 0 aromatic heterocycles. The van der Waals surface area contributed by atoms with E-state index in [0.29, 0.717) is 5.69 Å². The standard InChI is InChI=1S/C9H9NO4S2/c1-5-9(11)10-7-4-6(16(12,13)14)2-3-8(7)15-5/h2-5H,1H3,(H,10,11)(H,12,13,14). The van der Waals surface area contributed by atoms with Crippen LogP contribution in [0.1, 0.15) is 6.92 Å². The molecule has 0 radical (unpaired) electrons. The predicted molar refractivity (Wildman–Crippen MR) is 60.2 cm³/mol. The molecule has 86 valence electrons. The summed E-state index contributed by atoms with van der Waals surface area (Å²) < 4.78 is 30.7. The van der Waals surface area contributed by atoms with Crippen molar-refractivity contribution in [2.24, 2.45) is 0 Å². The number of fused-ring (bicyclic) bond motifs is 1. The number of hydrogen-bond donors (Lipinski definition) is 2. The molecule has 0 spiro atoms. The van der Waals surface area contributed by atoms with Crippen molar-refractivity contribution in [2.45, 2.75) is 22.0 Å². The minimum absolute atomic E-state index is 0.176. The fourth-order valence-electron chi connectivity index (χ4n) is 1.35. The van der Waals surface area contributed by atoms with Crippen LogP contribution in [0.5, 0.6) is 0 Å². The van der Waals surface area contributed by atoms with Gasteiger partial charge in [-0.3, -0.25) is 9.35 Å². The van der Waals surface area contributed by atoms with E-state index in [1.807, 2.05) is 0 Å². The molecule has 1 amide bonds. The Hall–Kier alpha value is -1.05. The van der Waals surface area contributed by atoms with Gasteiger partial charge in [-0.15, -0.1) is 11.8 Å². The fraction of sp³-hybridized carbons (Fsp3) is 0.222. The van der Waals surface area contributed by atoms with Gasteiger partial charge in [0, 0.05) is 4.90 Å². The van der Waals surface area contributed by atoms with Crippen molar-refractivity contribution in [3.8, 4) is 0 Å².